The fraction of sp³-hybridized carbons (Fsp3) is 0.250. The zero-order valence-corrected chi connectivity index (χ0v) is 9.24. The van der Waals surface area contributed by atoms with Crippen molar-refractivity contribution in [1.29, 1.82) is 5.26 Å². The summed E-state index contributed by atoms with van der Waals surface area (Å²) in [7, 11) is 0. The third-order valence-corrected chi connectivity index (χ3v) is 2.62. The number of nitriles is 1. The van der Waals surface area contributed by atoms with Crippen LogP contribution in [0.25, 0.3) is 21.3 Å². The van der Waals surface area contributed by atoms with Crippen molar-refractivity contribution in [2.24, 2.45) is 5.11 Å². The van der Waals surface area contributed by atoms with Crippen molar-refractivity contribution in [3.05, 3.63) is 46.5 Å². The third-order valence-electron chi connectivity index (χ3n) is 2.62. The number of hydrogen-bond acceptors (Lipinski definition) is 2. The largest absolute Gasteiger partial charge is 0.347 e. The maximum atomic E-state index is 8.80. The number of rotatable bonds is 4. The van der Waals surface area contributed by atoms with Gasteiger partial charge in [0.15, 0.2) is 0 Å². The molecule has 17 heavy (non-hydrogen) atoms. The molecule has 1 aromatic carbocycles. The van der Waals surface area contributed by atoms with Gasteiger partial charge >= 0.3 is 0 Å². The Morgan fingerprint density at radius 2 is 2.29 bits per heavy atom. The Morgan fingerprint density at radius 1 is 1.41 bits per heavy atom. The van der Waals surface area contributed by atoms with E-state index in [-0.39, 0.29) is 0 Å². The molecule has 0 saturated carbocycles. The number of hydrogen-bond donors (Lipinski definition) is 0. The van der Waals surface area contributed by atoms with Crippen LogP contribution in [0.15, 0.2) is 35.6 Å². The van der Waals surface area contributed by atoms with Crippen LogP contribution in [-0.2, 0) is 6.54 Å². The lowest BCUT2D eigenvalue weighted by Crippen LogP contribution is -1.97. The Hall–Kier alpha value is -2.44. The van der Waals surface area contributed by atoms with Crippen LogP contribution in [0.3, 0.4) is 0 Å². The average Bonchev–Trinajstić information content (AvgIpc) is 2.77. The predicted molar refractivity (Wildman–Crippen MR) is 65.3 cm³/mol. The summed E-state index contributed by atoms with van der Waals surface area (Å²) in [4.78, 5) is 2.72. The first kappa shape index (κ1) is 11.1. The standard InChI is InChI=1S/C12H11N5/c13-9-10-2-3-12-11(8-10)4-7-17(12)6-1-5-15-16-14/h2-4,7-8H,1,5-6H2. The van der Waals surface area contributed by atoms with E-state index in [0.29, 0.717) is 12.1 Å². The highest BCUT2D eigenvalue weighted by atomic mass is 15.1. The number of azide groups is 1. The molecule has 0 saturated heterocycles. The van der Waals surface area contributed by atoms with Gasteiger partial charge in [0.2, 0.25) is 0 Å². The number of nitrogens with zero attached hydrogens (tertiary/aromatic N) is 5. The zero-order valence-electron chi connectivity index (χ0n) is 9.24. The van der Waals surface area contributed by atoms with Crippen LogP contribution in [0.5, 0.6) is 0 Å². The Morgan fingerprint density at radius 3 is 3.06 bits per heavy atom. The summed E-state index contributed by atoms with van der Waals surface area (Å²) < 4.78 is 2.10. The highest BCUT2D eigenvalue weighted by Crippen LogP contribution is 2.17. The monoisotopic (exact) mass is 225 g/mol. The molecule has 0 amide bonds. The molecule has 0 bridgehead atoms. The van der Waals surface area contributed by atoms with Gasteiger partial charge in [-0.25, -0.2) is 0 Å². The van der Waals surface area contributed by atoms with Crippen LogP contribution >= 0.6 is 0 Å². The molecule has 1 heterocycles. The average molecular weight is 225 g/mol. The number of aryl methyl sites for hydroxylation is 1. The van der Waals surface area contributed by atoms with Gasteiger partial charge in [-0.2, -0.15) is 5.26 Å². The van der Waals surface area contributed by atoms with Gasteiger partial charge in [-0.1, -0.05) is 5.11 Å². The van der Waals surface area contributed by atoms with Crippen LogP contribution in [-0.4, -0.2) is 11.1 Å². The molecular formula is C12H11N5. The van der Waals surface area contributed by atoms with E-state index >= 15 is 0 Å². The van der Waals surface area contributed by atoms with Crippen LogP contribution in [0.1, 0.15) is 12.0 Å². The van der Waals surface area contributed by atoms with Crippen LogP contribution in [0.4, 0.5) is 0 Å². The Balaban J connectivity index is 2.19. The molecule has 0 atom stereocenters. The molecule has 5 nitrogen and oxygen atoms in total. The second-order valence-electron chi connectivity index (χ2n) is 3.70. The molecule has 0 aliphatic heterocycles. The second kappa shape index (κ2) is 5.06. The van der Waals surface area contributed by atoms with Crippen LogP contribution in [0.2, 0.25) is 0 Å². The first-order valence-electron chi connectivity index (χ1n) is 5.35. The SMILES string of the molecule is N#Cc1ccc2c(ccn2CCCN=[N+]=[N-])c1. The zero-order chi connectivity index (χ0) is 12.1. The Labute approximate surface area is 98.5 Å². The molecule has 0 unspecified atom stereocenters. The minimum absolute atomic E-state index is 0.506. The smallest absolute Gasteiger partial charge is 0.0991 e. The minimum Gasteiger partial charge on any atom is -0.347 e. The Bertz CT molecular complexity index is 613. The summed E-state index contributed by atoms with van der Waals surface area (Å²) in [5, 5.41) is 13.4. The van der Waals surface area contributed by atoms with Gasteiger partial charge in [0.25, 0.3) is 0 Å². The van der Waals surface area contributed by atoms with Crippen LogP contribution < -0.4 is 0 Å². The summed E-state index contributed by atoms with van der Waals surface area (Å²) in [5.41, 5.74) is 9.95. The van der Waals surface area contributed by atoms with Gasteiger partial charge in [0.1, 0.15) is 0 Å². The molecule has 0 spiro atoms. The summed E-state index contributed by atoms with van der Waals surface area (Å²) in [6, 6.07) is 9.75. The van der Waals surface area contributed by atoms with Crippen molar-refractivity contribution < 1.29 is 0 Å². The van der Waals surface area contributed by atoms with E-state index in [4.69, 9.17) is 10.8 Å². The van der Waals surface area contributed by atoms with Crippen LogP contribution in [0, 0.1) is 11.3 Å². The maximum absolute atomic E-state index is 8.80. The van der Waals surface area contributed by atoms with E-state index in [0.717, 1.165) is 23.9 Å². The molecule has 0 radical (unpaired) electrons. The highest BCUT2D eigenvalue weighted by Gasteiger charge is 2.01. The van der Waals surface area contributed by atoms with E-state index in [2.05, 4.69) is 20.7 Å². The van der Waals surface area contributed by atoms with Gasteiger partial charge in [-0.15, -0.1) is 0 Å². The van der Waals surface area contributed by atoms with Gasteiger partial charge in [0.05, 0.1) is 11.6 Å². The molecular weight excluding hydrogens is 214 g/mol. The summed E-state index contributed by atoms with van der Waals surface area (Å²) >= 11 is 0. The van der Waals surface area contributed by atoms with Crippen molar-refractivity contribution >= 4 is 10.9 Å². The fourth-order valence-electron chi connectivity index (χ4n) is 1.82. The summed E-state index contributed by atoms with van der Waals surface area (Å²) in [6.45, 7) is 1.32. The van der Waals surface area contributed by atoms with Gasteiger partial charge in [0, 0.05) is 35.1 Å². The molecule has 0 aliphatic carbocycles. The molecule has 84 valence electrons. The first-order chi connectivity index (χ1) is 8.35. The normalized spacial score (nSPS) is 9.82. The fourth-order valence-corrected chi connectivity index (χ4v) is 1.82. The molecule has 5 heteroatoms. The molecule has 1 aromatic heterocycles. The quantitative estimate of drug-likeness (QED) is 0.340. The number of benzene rings is 1. The van der Waals surface area contributed by atoms with E-state index in [9.17, 15) is 0 Å². The second-order valence-corrected chi connectivity index (χ2v) is 3.70. The Kier molecular flexibility index (Phi) is 3.29. The lowest BCUT2D eigenvalue weighted by molar-refractivity contribution is 0.669. The van der Waals surface area contributed by atoms with Gasteiger partial charge < -0.3 is 4.57 Å². The van der Waals surface area contributed by atoms with E-state index < -0.39 is 0 Å². The maximum Gasteiger partial charge on any atom is 0.0991 e. The molecule has 0 aliphatic rings. The third kappa shape index (κ3) is 2.39. The molecule has 2 rings (SSSR count). The first-order valence-corrected chi connectivity index (χ1v) is 5.35. The number of aromatic nitrogens is 1. The lowest BCUT2D eigenvalue weighted by atomic mass is 10.2. The van der Waals surface area contributed by atoms with E-state index in [1.54, 1.807) is 0 Å². The molecule has 0 fully saturated rings. The topological polar surface area (TPSA) is 77.5 Å². The summed E-state index contributed by atoms with van der Waals surface area (Å²) in [5.74, 6) is 0. The molecule has 0 N–H and O–H groups in total. The van der Waals surface area contributed by atoms with Crippen molar-refractivity contribution in [3.8, 4) is 6.07 Å². The van der Waals surface area contributed by atoms with Gasteiger partial charge in [-0.05, 0) is 36.2 Å². The molecule has 2 aromatic rings. The van der Waals surface area contributed by atoms with Crippen molar-refractivity contribution in [2.45, 2.75) is 13.0 Å². The van der Waals surface area contributed by atoms with E-state index in [1.807, 2.05) is 30.5 Å². The highest BCUT2D eigenvalue weighted by molar-refractivity contribution is 5.81. The van der Waals surface area contributed by atoms with Gasteiger partial charge in [-0.3, -0.25) is 0 Å². The predicted octanol–water partition coefficient (Wildman–Crippen LogP) is 3.21. The lowest BCUT2D eigenvalue weighted by Gasteiger charge is -2.03. The van der Waals surface area contributed by atoms with E-state index in [1.165, 1.54) is 0 Å². The van der Waals surface area contributed by atoms with Crippen molar-refractivity contribution in [1.82, 2.24) is 4.57 Å². The minimum atomic E-state index is 0.506. The summed E-state index contributed by atoms with van der Waals surface area (Å²) in [6.07, 6.45) is 2.80. The van der Waals surface area contributed by atoms with Crippen molar-refractivity contribution in [2.75, 3.05) is 6.54 Å². The number of fused-ring (bicyclic) bond motifs is 1. The van der Waals surface area contributed by atoms with Crippen molar-refractivity contribution in [3.63, 3.8) is 0 Å².